The highest BCUT2D eigenvalue weighted by atomic mass is 35.5. The Morgan fingerprint density at radius 1 is 0.964 bits per heavy atom. The molecule has 0 aliphatic carbocycles. The van der Waals surface area contributed by atoms with Crippen molar-refractivity contribution in [2.75, 3.05) is 29.0 Å². The zero-order valence-corrected chi connectivity index (χ0v) is 33.2. The summed E-state index contributed by atoms with van der Waals surface area (Å²) in [5.41, 5.74) is 5.20. The van der Waals surface area contributed by atoms with E-state index < -0.39 is 16.9 Å². The number of hydrogen-bond acceptors (Lipinski definition) is 12. The van der Waals surface area contributed by atoms with Gasteiger partial charge in [-0.15, -0.1) is 21.5 Å². The Bertz CT molecular complexity index is 2310. The summed E-state index contributed by atoms with van der Waals surface area (Å²) in [7, 11) is 0. The number of anilines is 3. The molecule has 4 heterocycles. The van der Waals surface area contributed by atoms with Crippen molar-refractivity contribution < 1.29 is 19.3 Å². The van der Waals surface area contributed by atoms with Gasteiger partial charge in [-0.3, -0.25) is 39.4 Å². The van der Waals surface area contributed by atoms with Crippen LogP contribution in [-0.2, 0) is 9.59 Å². The lowest BCUT2D eigenvalue weighted by molar-refractivity contribution is -0.380. The number of amides is 3. The molecular formula is C37H39ClN10O5S2. The van der Waals surface area contributed by atoms with E-state index in [2.05, 4.69) is 50.3 Å². The minimum absolute atomic E-state index is 0.0874. The minimum Gasteiger partial charge on any atom is -0.385 e. The summed E-state index contributed by atoms with van der Waals surface area (Å²) >= 11 is 8.64. The number of unbranched alkanes of at least 4 members (excludes halogenated alkanes) is 2. The first-order valence-corrected chi connectivity index (χ1v) is 19.5. The van der Waals surface area contributed by atoms with Gasteiger partial charge >= 0.3 is 5.00 Å². The molecule has 1 atom stereocenters. The molecule has 0 radical (unpaired) electrons. The number of aryl methyl sites for hydroxylation is 3. The van der Waals surface area contributed by atoms with Gasteiger partial charge in [-0.2, -0.15) is 0 Å². The molecule has 18 heteroatoms. The fourth-order valence-corrected chi connectivity index (χ4v) is 8.31. The molecule has 15 nitrogen and oxygen atoms in total. The van der Waals surface area contributed by atoms with Crippen LogP contribution in [0.1, 0.15) is 87.9 Å². The summed E-state index contributed by atoms with van der Waals surface area (Å²) in [6.07, 6.45) is 2.50. The van der Waals surface area contributed by atoms with Gasteiger partial charge in [0, 0.05) is 46.7 Å². The average molecular weight is 803 g/mol. The van der Waals surface area contributed by atoms with Gasteiger partial charge in [-0.05, 0) is 94.2 Å². The molecule has 1 aliphatic heterocycles. The third-order valence-electron chi connectivity index (χ3n) is 8.97. The van der Waals surface area contributed by atoms with Crippen molar-refractivity contribution in [3.05, 3.63) is 102 Å². The highest BCUT2D eigenvalue weighted by Gasteiger charge is 2.32. The van der Waals surface area contributed by atoms with Crippen molar-refractivity contribution in [1.82, 2.24) is 25.1 Å². The zero-order chi connectivity index (χ0) is 39.4. The summed E-state index contributed by atoms with van der Waals surface area (Å²) in [5.74, 6) is 0.300. The number of hydrogen-bond donors (Lipinski definition) is 4. The van der Waals surface area contributed by atoms with Crippen LogP contribution >= 0.6 is 34.3 Å². The number of carbonyl (C=O) groups is 3. The van der Waals surface area contributed by atoms with Crippen LogP contribution in [0.2, 0.25) is 5.02 Å². The first-order chi connectivity index (χ1) is 26.3. The Kier molecular flexibility index (Phi) is 12.0. The van der Waals surface area contributed by atoms with Gasteiger partial charge in [0.05, 0.1) is 28.3 Å². The molecule has 55 heavy (non-hydrogen) atoms. The number of nitrogens with zero attached hydrogens (tertiary/aromatic N) is 6. The topological polar surface area (TPSA) is 198 Å². The number of fused-ring (bicyclic) bond motifs is 3. The molecule has 0 unspecified atom stereocenters. The monoisotopic (exact) mass is 802 g/mol. The molecule has 4 N–H and O–H groups in total. The van der Waals surface area contributed by atoms with E-state index in [1.807, 2.05) is 35.8 Å². The SMILES string of the molecule is CC(=O)Nc1cc(NCCCCCNC(=O)C[C@@H]2N=C(c3ccc(Cl)cc3)c3c(sc(C)c3C)-n3c(C)nnc32)ccc1C(=O)Nc1nc(C)c([N+](=O)[O-])s1. The van der Waals surface area contributed by atoms with E-state index in [-0.39, 0.29) is 45.3 Å². The van der Waals surface area contributed by atoms with Crippen LogP contribution < -0.4 is 21.3 Å². The van der Waals surface area contributed by atoms with Crippen LogP contribution in [-0.4, -0.2) is 61.2 Å². The molecule has 1 aliphatic rings. The van der Waals surface area contributed by atoms with Gasteiger partial charge in [-0.1, -0.05) is 23.7 Å². The first kappa shape index (κ1) is 39.2. The molecule has 5 aromatic rings. The van der Waals surface area contributed by atoms with Crippen LogP contribution in [0.5, 0.6) is 0 Å². The van der Waals surface area contributed by atoms with Gasteiger partial charge < -0.3 is 16.0 Å². The van der Waals surface area contributed by atoms with Crippen molar-refractivity contribution in [3.8, 4) is 5.00 Å². The summed E-state index contributed by atoms with van der Waals surface area (Å²) < 4.78 is 2.03. The number of rotatable bonds is 14. The third kappa shape index (κ3) is 8.90. The maximum atomic E-state index is 13.3. The number of aliphatic imine (C=N–C) groups is 1. The molecule has 3 aromatic heterocycles. The van der Waals surface area contributed by atoms with E-state index in [0.717, 1.165) is 63.8 Å². The van der Waals surface area contributed by atoms with E-state index in [1.165, 1.54) is 18.7 Å². The van der Waals surface area contributed by atoms with Crippen LogP contribution in [0, 0.1) is 37.8 Å². The Balaban J connectivity index is 1.03. The van der Waals surface area contributed by atoms with E-state index >= 15 is 0 Å². The highest BCUT2D eigenvalue weighted by molar-refractivity contribution is 7.19. The molecule has 0 spiro atoms. The number of thiophene rings is 1. The van der Waals surface area contributed by atoms with Gasteiger partial charge in [0.2, 0.25) is 11.8 Å². The van der Waals surface area contributed by atoms with Crippen LogP contribution in [0.25, 0.3) is 5.00 Å². The van der Waals surface area contributed by atoms with Crippen molar-refractivity contribution in [1.29, 1.82) is 0 Å². The second kappa shape index (κ2) is 16.9. The highest BCUT2D eigenvalue weighted by Crippen LogP contribution is 2.39. The van der Waals surface area contributed by atoms with Crippen molar-refractivity contribution in [2.24, 2.45) is 4.99 Å². The molecular weight excluding hydrogens is 764 g/mol. The molecule has 0 saturated carbocycles. The fraction of sp³-hybridized carbons (Fsp3) is 0.324. The Morgan fingerprint density at radius 2 is 1.71 bits per heavy atom. The molecule has 0 saturated heterocycles. The maximum Gasteiger partial charge on any atom is 0.348 e. The normalized spacial score (nSPS) is 13.3. The smallest absolute Gasteiger partial charge is 0.348 e. The minimum atomic E-state index is -0.562. The lowest BCUT2D eigenvalue weighted by atomic mass is 9.99. The summed E-state index contributed by atoms with van der Waals surface area (Å²) in [5, 5.41) is 33.2. The lowest BCUT2D eigenvalue weighted by Crippen LogP contribution is -2.26. The molecule has 6 rings (SSSR count). The Morgan fingerprint density at radius 3 is 2.42 bits per heavy atom. The molecule has 0 bridgehead atoms. The lowest BCUT2D eigenvalue weighted by Gasteiger charge is -2.14. The Labute approximate surface area is 329 Å². The average Bonchev–Trinajstić information content (AvgIpc) is 3.76. The van der Waals surface area contributed by atoms with Gasteiger partial charge in [0.25, 0.3) is 5.91 Å². The zero-order valence-electron chi connectivity index (χ0n) is 30.8. The number of thiazole rings is 1. The van der Waals surface area contributed by atoms with Gasteiger partial charge in [0.15, 0.2) is 11.0 Å². The first-order valence-electron chi connectivity index (χ1n) is 17.5. The largest absolute Gasteiger partial charge is 0.385 e. The number of carbonyl (C=O) groups excluding carboxylic acids is 3. The second-order valence-corrected chi connectivity index (χ2v) is 15.6. The molecule has 286 valence electrons. The molecule has 0 fully saturated rings. The van der Waals surface area contributed by atoms with Crippen LogP contribution in [0.3, 0.4) is 0 Å². The number of halogens is 1. The van der Waals surface area contributed by atoms with Gasteiger partial charge in [0.1, 0.15) is 22.6 Å². The standard InChI is InChI=1S/C37H39ClN10O5S2/c1-19-21(3)54-36-31(19)32(24-9-11-25(38)12-10-24)43-29(33-46-45-22(4)47(33)36)18-30(50)40-16-8-6-7-15-39-26-13-14-27(28(17-26)42-23(5)49)34(51)44-37-41-20(2)35(55-37)48(52)53/h9-14,17,29,39H,6-8,15-16,18H2,1-5H3,(H,40,50)(H,42,49)(H,41,44,51)/t29-/m0/s1. The van der Waals surface area contributed by atoms with Crippen molar-refractivity contribution >= 4 is 79.2 Å². The summed E-state index contributed by atoms with van der Waals surface area (Å²) in [4.78, 5) is 59.3. The van der Waals surface area contributed by atoms with Crippen molar-refractivity contribution in [2.45, 2.75) is 66.3 Å². The molecule has 3 amide bonds. The third-order valence-corrected chi connectivity index (χ3v) is 11.4. The predicted molar refractivity (Wildman–Crippen MR) is 215 cm³/mol. The maximum absolute atomic E-state index is 13.3. The van der Waals surface area contributed by atoms with Crippen molar-refractivity contribution in [3.63, 3.8) is 0 Å². The van der Waals surface area contributed by atoms with Crippen LogP contribution in [0.4, 0.5) is 21.5 Å². The van der Waals surface area contributed by atoms with E-state index in [4.69, 9.17) is 16.6 Å². The summed E-state index contributed by atoms with van der Waals surface area (Å²) in [6.45, 7) is 10.0. The van der Waals surface area contributed by atoms with E-state index in [1.54, 1.807) is 29.5 Å². The van der Waals surface area contributed by atoms with Crippen LogP contribution in [0.15, 0.2) is 47.5 Å². The van der Waals surface area contributed by atoms with E-state index in [0.29, 0.717) is 29.6 Å². The fourth-order valence-electron chi connectivity index (χ4n) is 6.19. The van der Waals surface area contributed by atoms with Gasteiger partial charge in [-0.25, -0.2) is 4.98 Å². The van der Waals surface area contributed by atoms with E-state index in [9.17, 15) is 24.5 Å². The Hall–Kier alpha value is -5.52. The number of aromatic nitrogens is 4. The predicted octanol–water partition coefficient (Wildman–Crippen LogP) is 7.47. The second-order valence-electron chi connectivity index (χ2n) is 13.0. The number of nitro groups is 1. The summed E-state index contributed by atoms with van der Waals surface area (Å²) in [6, 6.07) is 12.0. The number of nitrogens with one attached hydrogen (secondary N) is 4. The molecule has 2 aromatic carbocycles. The number of benzene rings is 2. The quantitative estimate of drug-likeness (QED) is 0.0500.